The van der Waals surface area contributed by atoms with E-state index in [1.165, 1.54) is 6.20 Å². The molecule has 122 valence electrons. The second-order valence-corrected chi connectivity index (χ2v) is 6.08. The molecule has 0 unspecified atom stereocenters. The Morgan fingerprint density at radius 3 is 2.79 bits per heavy atom. The van der Waals surface area contributed by atoms with Gasteiger partial charge in [-0.05, 0) is 18.2 Å². The minimum Gasteiger partial charge on any atom is -0.496 e. The molecule has 0 radical (unpaired) electrons. The van der Waals surface area contributed by atoms with Crippen molar-refractivity contribution in [1.82, 2.24) is 15.5 Å². The molecule has 0 fully saturated rings. The van der Waals surface area contributed by atoms with Crippen LogP contribution in [0.5, 0.6) is 5.75 Å². The average molecular weight is 386 g/mol. The van der Waals surface area contributed by atoms with Crippen LogP contribution in [0.25, 0.3) is 11.3 Å². The van der Waals surface area contributed by atoms with Crippen LogP contribution in [0.3, 0.4) is 0 Å². The van der Waals surface area contributed by atoms with Crippen LogP contribution in [0.15, 0.2) is 59.2 Å². The van der Waals surface area contributed by atoms with Gasteiger partial charge in [-0.2, -0.15) is 5.10 Å². The van der Waals surface area contributed by atoms with E-state index in [4.69, 9.17) is 4.74 Å². The summed E-state index contributed by atoms with van der Waals surface area (Å²) in [7, 11) is 1.61. The number of hydrogen-bond donors (Lipinski definition) is 2. The highest BCUT2D eigenvalue weighted by atomic mass is 79.9. The van der Waals surface area contributed by atoms with Crippen molar-refractivity contribution < 1.29 is 9.53 Å². The molecule has 2 N–H and O–H groups in total. The van der Waals surface area contributed by atoms with E-state index < -0.39 is 0 Å². The SMILES string of the molecule is COc1ccc(Br)cc1CNC(=O)c1cn[nH]c1-c1ccccc1. The molecule has 0 aliphatic heterocycles. The second kappa shape index (κ2) is 7.31. The molecule has 5 nitrogen and oxygen atoms in total. The number of nitrogens with one attached hydrogen (secondary N) is 2. The Morgan fingerprint density at radius 1 is 1.25 bits per heavy atom. The van der Waals surface area contributed by atoms with Crippen molar-refractivity contribution in [3.05, 3.63) is 70.3 Å². The molecule has 0 saturated heterocycles. The predicted octanol–water partition coefficient (Wildman–Crippen LogP) is 3.78. The Hall–Kier alpha value is -2.60. The van der Waals surface area contributed by atoms with Gasteiger partial charge in [0.05, 0.1) is 24.6 Å². The highest BCUT2D eigenvalue weighted by molar-refractivity contribution is 9.10. The van der Waals surface area contributed by atoms with Crippen LogP contribution in [0, 0.1) is 0 Å². The molecule has 0 saturated carbocycles. The van der Waals surface area contributed by atoms with Gasteiger partial charge in [0.15, 0.2) is 0 Å². The number of benzene rings is 2. The van der Waals surface area contributed by atoms with Crippen molar-refractivity contribution in [2.75, 3.05) is 7.11 Å². The van der Waals surface area contributed by atoms with Gasteiger partial charge in [0.1, 0.15) is 5.75 Å². The Morgan fingerprint density at radius 2 is 2.04 bits per heavy atom. The van der Waals surface area contributed by atoms with Gasteiger partial charge >= 0.3 is 0 Å². The van der Waals surface area contributed by atoms with E-state index in [9.17, 15) is 4.79 Å². The molecule has 0 bridgehead atoms. The van der Waals surface area contributed by atoms with Gasteiger partial charge in [0.25, 0.3) is 5.91 Å². The number of nitrogens with zero attached hydrogens (tertiary/aromatic N) is 1. The quantitative estimate of drug-likeness (QED) is 0.702. The third kappa shape index (κ3) is 3.49. The number of methoxy groups -OCH3 is 1. The molecule has 0 aliphatic rings. The molecule has 0 spiro atoms. The molecule has 3 aromatic rings. The zero-order valence-electron chi connectivity index (χ0n) is 13.0. The van der Waals surface area contributed by atoms with Crippen LogP contribution in [-0.4, -0.2) is 23.2 Å². The average Bonchev–Trinajstić information content (AvgIpc) is 3.10. The molecule has 3 rings (SSSR count). The minimum atomic E-state index is -0.190. The van der Waals surface area contributed by atoms with Gasteiger partial charge < -0.3 is 10.1 Å². The van der Waals surface area contributed by atoms with Crippen LogP contribution in [-0.2, 0) is 6.54 Å². The summed E-state index contributed by atoms with van der Waals surface area (Å²) >= 11 is 3.43. The van der Waals surface area contributed by atoms with E-state index >= 15 is 0 Å². The number of ether oxygens (including phenoxy) is 1. The van der Waals surface area contributed by atoms with E-state index in [1.807, 2.05) is 48.5 Å². The molecule has 0 aliphatic carbocycles. The van der Waals surface area contributed by atoms with E-state index in [1.54, 1.807) is 7.11 Å². The van der Waals surface area contributed by atoms with Crippen molar-refractivity contribution in [2.45, 2.75) is 6.54 Å². The number of H-pyrrole nitrogens is 1. The minimum absolute atomic E-state index is 0.190. The van der Waals surface area contributed by atoms with E-state index in [0.717, 1.165) is 21.3 Å². The Kier molecular flexibility index (Phi) is 4.96. The van der Waals surface area contributed by atoms with Crippen LogP contribution in [0.4, 0.5) is 0 Å². The predicted molar refractivity (Wildman–Crippen MR) is 95.9 cm³/mol. The number of aromatic nitrogens is 2. The highest BCUT2D eigenvalue weighted by Crippen LogP contribution is 2.24. The summed E-state index contributed by atoms with van der Waals surface area (Å²) < 4.78 is 6.26. The van der Waals surface area contributed by atoms with Gasteiger partial charge in [-0.25, -0.2) is 0 Å². The smallest absolute Gasteiger partial charge is 0.255 e. The standard InChI is InChI=1S/C18H16BrN3O2/c1-24-16-8-7-14(19)9-13(16)10-20-18(23)15-11-21-22-17(15)12-5-3-2-4-6-12/h2-9,11H,10H2,1H3,(H,20,23)(H,21,22). The third-order valence-electron chi connectivity index (χ3n) is 3.63. The summed E-state index contributed by atoms with van der Waals surface area (Å²) in [6, 6.07) is 15.3. The Balaban J connectivity index is 1.78. The highest BCUT2D eigenvalue weighted by Gasteiger charge is 2.15. The first-order chi connectivity index (χ1) is 11.7. The third-order valence-corrected chi connectivity index (χ3v) is 4.12. The molecule has 1 heterocycles. The van der Waals surface area contributed by atoms with E-state index in [2.05, 4.69) is 31.4 Å². The first kappa shape index (κ1) is 16.3. The zero-order chi connectivity index (χ0) is 16.9. The summed E-state index contributed by atoms with van der Waals surface area (Å²) in [6.07, 6.45) is 1.54. The maximum Gasteiger partial charge on any atom is 0.255 e. The van der Waals surface area contributed by atoms with Crippen molar-refractivity contribution in [3.63, 3.8) is 0 Å². The van der Waals surface area contributed by atoms with Crippen molar-refractivity contribution in [3.8, 4) is 17.0 Å². The molecular weight excluding hydrogens is 370 g/mol. The molecule has 6 heteroatoms. The summed E-state index contributed by atoms with van der Waals surface area (Å²) in [4.78, 5) is 12.5. The molecule has 1 aromatic heterocycles. The van der Waals surface area contributed by atoms with Crippen LogP contribution < -0.4 is 10.1 Å². The molecule has 1 amide bonds. The first-order valence-corrected chi connectivity index (χ1v) is 8.17. The topological polar surface area (TPSA) is 67.0 Å². The molecular formula is C18H16BrN3O2. The summed E-state index contributed by atoms with van der Waals surface area (Å²) in [5.74, 6) is 0.540. The molecule has 2 aromatic carbocycles. The Labute approximate surface area is 148 Å². The second-order valence-electron chi connectivity index (χ2n) is 5.16. The van der Waals surface area contributed by atoms with Gasteiger partial charge in [-0.15, -0.1) is 0 Å². The summed E-state index contributed by atoms with van der Waals surface area (Å²) in [6.45, 7) is 0.362. The molecule has 24 heavy (non-hydrogen) atoms. The largest absolute Gasteiger partial charge is 0.496 e. The van der Waals surface area contributed by atoms with Crippen LogP contribution in [0.1, 0.15) is 15.9 Å². The van der Waals surface area contributed by atoms with Gasteiger partial charge in [0, 0.05) is 22.1 Å². The fraction of sp³-hybridized carbons (Fsp3) is 0.111. The number of carbonyl (C=O) groups excluding carboxylic acids is 1. The first-order valence-electron chi connectivity index (χ1n) is 7.38. The van der Waals surface area contributed by atoms with Crippen molar-refractivity contribution >= 4 is 21.8 Å². The van der Waals surface area contributed by atoms with Crippen molar-refractivity contribution in [1.29, 1.82) is 0 Å². The van der Waals surface area contributed by atoms with Crippen LogP contribution >= 0.6 is 15.9 Å². The number of halogens is 1. The van der Waals surface area contributed by atoms with Crippen molar-refractivity contribution in [2.24, 2.45) is 0 Å². The number of hydrogen-bond acceptors (Lipinski definition) is 3. The fourth-order valence-corrected chi connectivity index (χ4v) is 2.85. The number of aromatic amines is 1. The van der Waals surface area contributed by atoms with E-state index in [-0.39, 0.29) is 5.91 Å². The Bertz CT molecular complexity index is 846. The normalized spacial score (nSPS) is 10.4. The maximum absolute atomic E-state index is 12.5. The van der Waals surface area contributed by atoms with E-state index in [0.29, 0.717) is 17.8 Å². The fourth-order valence-electron chi connectivity index (χ4n) is 2.44. The van der Waals surface area contributed by atoms with Gasteiger partial charge in [0.2, 0.25) is 0 Å². The summed E-state index contributed by atoms with van der Waals surface area (Å²) in [5, 5.41) is 9.81. The lowest BCUT2D eigenvalue weighted by atomic mass is 10.1. The monoisotopic (exact) mass is 385 g/mol. The lowest BCUT2D eigenvalue weighted by Gasteiger charge is -2.10. The summed E-state index contributed by atoms with van der Waals surface area (Å²) in [5.41, 5.74) is 3.02. The maximum atomic E-state index is 12.5. The lowest BCUT2D eigenvalue weighted by molar-refractivity contribution is 0.0951. The van der Waals surface area contributed by atoms with Gasteiger partial charge in [-0.3, -0.25) is 9.89 Å². The van der Waals surface area contributed by atoms with Crippen LogP contribution in [0.2, 0.25) is 0 Å². The number of carbonyl (C=O) groups is 1. The number of amides is 1. The number of rotatable bonds is 5. The lowest BCUT2D eigenvalue weighted by Crippen LogP contribution is -2.23. The molecule has 0 atom stereocenters. The van der Waals surface area contributed by atoms with Gasteiger partial charge in [-0.1, -0.05) is 46.3 Å². The zero-order valence-corrected chi connectivity index (χ0v) is 14.6.